The lowest BCUT2D eigenvalue weighted by molar-refractivity contribution is -0.436. The van der Waals surface area contributed by atoms with E-state index in [0.29, 0.717) is 40.6 Å². The Kier molecular flexibility index (Phi) is 29.6. The van der Waals surface area contributed by atoms with E-state index in [-0.39, 0.29) is 69.5 Å². The minimum Gasteiger partial charge on any atom is -0.508 e. The number of hydrogen-bond acceptors (Lipinski definition) is 17. The maximum atomic E-state index is 15.5. The van der Waals surface area contributed by atoms with Crippen LogP contribution in [0.25, 0.3) is 32.4 Å². The van der Waals surface area contributed by atoms with E-state index in [1.807, 2.05) is 97.1 Å². The minimum absolute atomic E-state index is 0.0498. The SMILES string of the molecule is C[C@@H](O)[C@H](NC(=O)[C@@H]1CSSC[C@H](NC(=O)[C@@H](Cc2ccccc2)NC(=O)CC[N+]2=C(/C=C/C=C/C=C/C=C3/N(CCC(=O)O)c4ccc5ccccc5c4C3(C)C)C(C)(C)c3c2ccc2ccccc32)C(=O)N[C@@H](Cc2ccc(O)cc2)C(=O)N[C@H](Cc2c[nH]c3ccccc23)C(=O)N[C@@H](CCCCN)C(=O)N[C@H]([C@@H](C)O)C(=O)N1)C(=O)O. The summed E-state index contributed by atoms with van der Waals surface area (Å²) in [5.74, 6) is -10.7. The van der Waals surface area contributed by atoms with Gasteiger partial charge in [-0.25, -0.2) is 4.79 Å². The second kappa shape index (κ2) is 40.0. The number of carbonyl (C=O) groups excluding carboxylic acids is 8. The molecular weight excluding hydrogens is 1550 g/mol. The lowest BCUT2D eigenvalue weighted by atomic mass is 9.79. The van der Waals surface area contributed by atoms with Gasteiger partial charge in [-0.2, -0.15) is 4.58 Å². The zero-order valence-corrected chi connectivity index (χ0v) is 68.8. The van der Waals surface area contributed by atoms with Crippen molar-refractivity contribution in [3.05, 3.63) is 234 Å². The van der Waals surface area contributed by atoms with Crippen LogP contribution in [-0.4, -0.2) is 192 Å². The number of carboxylic acid groups (broad SMARTS) is 2. The fourth-order valence-corrected chi connectivity index (χ4v) is 17.9. The van der Waals surface area contributed by atoms with Gasteiger partial charge in [0.05, 0.1) is 30.5 Å². The highest BCUT2D eigenvalue weighted by Crippen LogP contribution is 2.51. The first-order valence-corrected chi connectivity index (χ1v) is 42.2. The maximum absolute atomic E-state index is 15.5. The zero-order valence-electron chi connectivity index (χ0n) is 67.1. The van der Waals surface area contributed by atoms with Crippen LogP contribution in [0.15, 0.2) is 206 Å². The van der Waals surface area contributed by atoms with E-state index >= 15 is 19.2 Å². The molecule has 27 nitrogen and oxygen atoms in total. The van der Waals surface area contributed by atoms with Crippen molar-refractivity contribution in [3.63, 3.8) is 0 Å². The van der Waals surface area contributed by atoms with Crippen LogP contribution in [0.4, 0.5) is 11.4 Å². The van der Waals surface area contributed by atoms with Gasteiger partial charge in [0, 0.05) is 88.9 Å². The van der Waals surface area contributed by atoms with Crippen molar-refractivity contribution >= 4 is 130 Å². The summed E-state index contributed by atoms with van der Waals surface area (Å²) in [7, 11) is 1.78. The van der Waals surface area contributed by atoms with Crippen LogP contribution in [0.3, 0.4) is 0 Å². The van der Waals surface area contributed by atoms with Crippen molar-refractivity contribution in [2.24, 2.45) is 5.73 Å². The van der Waals surface area contributed by atoms with Gasteiger partial charge >= 0.3 is 11.9 Å². The predicted molar refractivity (Wildman–Crippen MR) is 462 cm³/mol. The molecule has 4 heterocycles. The molecule has 0 aliphatic carbocycles. The van der Waals surface area contributed by atoms with Crippen molar-refractivity contribution in [2.75, 3.05) is 36.0 Å². The summed E-state index contributed by atoms with van der Waals surface area (Å²) in [4.78, 5) is 149. The van der Waals surface area contributed by atoms with Gasteiger partial charge < -0.3 is 83.7 Å². The minimum atomic E-state index is -1.89. The summed E-state index contributed by atoms with van der Waals surface area (Å²) < 4.78 is 2.10. The number of benzene rings is 7. The zero-order chi connectivity index (χ0) is 85.2. The fourth-order valence-electron chi connectivity index (χ4n) is 15.6. The van der Waals surface area contributed by atoms with E-state index in [1.165, 1.54) is 31.2 Å². The Morgan fingerprint density at radius 1 is 0.622 bits per heavy atom. The molecule has 0 spiro atoms. The van der Waals surface area contributed by atoms with E-state index < -0.39 is 136 Å². The molecule has 1 aromatic heterocycles. The van der Waals surface area contributed by atoms with Crippen LogP contribution in [0.5, 0.6) is 5.75 Å². The van der Waals surface area contributed by atoms with Crippen molar-refractivity contribution in [1.82, 2.24) is 47.5 Å². The average Bonchev–Trinajstić information content (AvgIpc) is 1.58. The monoisotopic (exact) mass is 1660 g/mol. The molecule has 624 valence electrons. The van der Waals surface area contributed by atoms with E-state index in [9.17, 15) is 54.3 Å². The highest BCUT2D eigenvalue weighted by molar-refractivity contribution is 8.76. The molecule has 1 saturated heterocycles. The number of aliphatic hydroxyl groups is 2. The molecule has 3 aliphatic rings. The molecule has 0 bridgehead atoms. The molecule has 0 radical (unpaired) electrons. The normalized spacial score (nSPS) is 20.8. The lowest BCUT2D eigenvalue weighted by Crippen LogP contribution is -2.62. The van der Waals surface area contributed by atoms with Gasteiger partial charge in [-0.3, -0.25) is 43.2 Å². The van der Waals surface area contributed by atoms with Gasteiger partial charge in [-0.1, -0.05) is 181 Å². The number of aromatic nitrogens is 1. The average molecular weight is 1660 g/mol. The number of anilines is 1. The van der Waals surface area contributed by atoms with Crippen molar-refractivity contribution in [1.29, 1.82) is 0 Å². The highest BCUT2D eigenvalue weighted by Gasteiger charge is 2.47. The number of nitrogens with one attached hydrogen (secondary N) is 9. The standard InChI is InChI=1S/C90H102N12O15S2/c1-53(103)79-87(115)98-70(86(114)100-80(54(2)104)88(116)117)52-119-118-51-69(85(113)95-67(48-56-34-38-60(105)39-35-56)83(111)96-68(49-59-50-92-64-30-20-19-27-61(59)64)84(112)94-65(81(109)99-79)31-21-22-44-91)97-82(110)66(47-55-23-11-10-12-24-55)93-75(106)42-45-101-71-40-36-57-25-15-17-28-62(57)77(71)89(3,4)73(101)32-13-8-7-9-14-33-74-90(5,6)78-63-29-18-16-26-58(63)37-41-72(78)102(74)46-43-76(107)108/h7-20,23-30,32-41,50,53-54,65-70,79-80,92,103-104H,21-22,31,42-49,51-52,91H2,1-6H3,(H10-,93,94,95,96,97,98,99,100,105,106,107,108,109,110,111,112,113,114,115,116,117)/p+1/t53-,54-,65+,66-,67+,68-,69+,70+,79-,80+/m1/s1. The second-order valence-electron chi connectivity index (χ2n) is 31.1. The number of allylic oxidation sites excluding steroid dienone is 8. The molecule has 8 aromatic rings. The van der Waals surface area contributed by atoms with Crippen LogP contribution in [0.1, 0.15) is 101 Å². The number of fused-ring (bicyclic) bond motifs is 7. The van der Waals surface area contributed by atoms with Crippen molar-refractivity contribution in [3.8, 4) is 5.75 Å². The first-order valence-electron chi connectivity index (χ1n) is 39.8. The molecule has 3 aliphatic heterocycles. The number of nitrogens with zero attached hydrogens (tertiary/aromatic N) is 2. The quantitative estimate of drug-likeness (QED) is 0.00964. The number of aliphatic hydroxyl groups excluding tert-OH is 2. The largest absolute Gasteiger partial charge is 0.508 e. The van der Waals surface area contributed by atoms with Crippen molar-refractivity contribution in [2.45, 2.75) is 164 Å². The molecule has 1 fully saturated rings. The van der Waals surface area contributed by atoms with Gasteiger partial charge in [0.15, 0.2) is 18.3 Å². The van der Waals surface area contributed by atoms with Crippen LogP contribution in [0.2, 0.25) is 0 Å². The molecule has 0 unspecified atom stereocenters. The third kappa shape index (κ3) is 21.7. The number of hydrogen-bond donors (Lipinski definition) is 15. The number of aromatic amines is 1. The molecule has 7 aromatic carbocycles. The number of nitrogens with two attached hydrogens (primary N) is 1. The highest BCUT2D eigenvalue weighted by atomic mass is 33.1. The lowest BCUT2D eigenvalue weighted by Gasteiger charge is -2.29. The van der Waals surface area contributed by atoms with Crippen LogP contribution < -0.4 is 53.2 Å². The third-order valence-electron chi connectivity index (χ3n) is 21.8. The van der Waals surface area contributed by atoms with Crippen molar-refractivity contribution < 1.29 is 78.1 Å². The molecule has 8 amide bonds. The number of amides is 8. The van der Waals surface area contributed by atoms with Gasteiger partial charge in [-0.05, 0) is 134 Å². The van der Waals surface area contributed by atoms with Crippen LogP contribution in [0, 0.1) is 0 Å². The number of para-hydroxylation sites is 1. The number of carbonyl (C=O) groups is 10. The summed E-state index contributed by atoms with van der Waals surface area (Å²) >= 11 is 0. The Balaban J connectivity index is 0.907. The number of phenols is 1. The number of aromatic hydroxyl groups is 1. The van der Waals surface area contributed by atoms with E-state index in [2.05, 4.69) is 115 Å². The van der Waals surface area contributed by atoms with E-state index in [4.69, 9.17) is 5.73 Å². The number of aliphatic carboxylic acids is 2. The Bertz CT molecular complexity index is 5250. The van der Waals surface area contributed by atoms with Crippen LogP contribution >= 0.6 is 21.6 Å². The first kappa shape index (κ1) is 87.9. The predicted octanol–water partition coefficient (Wildman–Crippen LogP) is 7.75. The summed E-state index contributed by atoms with van der Waals surface area (Å²) in [6, 6.07) is 33.5. The summed E-state index contributed by atoms with van der Waals surface area (Å²) in [5, 5.41) is 78.4. The molecule has 119 heavy (non-hydrogen) atoms. The van der Waals surface area contributed by atoms with Gasteiger partial charge in [-0.15, -0.1) is 0 Å². The van der Waals surface area contributed by atoms with Crippen LogP contribution in [-0.2, 0) is 78.0 Å². The molecule has 10 atom stereocenters. The smallest absolute Gasteiger partial charge is 0.328 e. The number of phenolic OH excluding ortho intramolecular Hbond substituents is 1. The molecule has 29 heteroatoms. The number of H-pyrrole nitrogens is 1. The summed E-state index contributed by atoms with van der Waals surface area (Å²) in [6.45, 7) is 11.5. The Morgan fingerprint density at radius 2 is 1.24 bits per heavy atom. The number of unbranched alkanes of at least 4 members (excludes halogenated alkanes) is 1. The van der Waals surface area contributed by atoms with Gasteiger partial charge in [0.1, 0.15) is 48.0 Å². The fraction of sp³-hybridized carbons (Fsp3) is 0.344. The first-order chi connectivity index (χ1) is 57.0. The molecule has 16 N–H and O–H groups in total. The Labute approximate surface area is 697 Å². The summed E-state index contributed by atoms with van der Waals surface area (Å²) in [5.41, 5.74) is 13.0. The number of carboxylic acids is 2. The van der Waals surface area contributed by atoms with E-state index in [1.54, 1.807) is 48.7 Å². The third-order valence-corrected chi connectivity index (χ3v) is 24.2. The Morgan fingerprint density at radius 3 is 1.92 bits per heavy atom. The summed E-state index contributed by atoms with van der Waals surface area (Å²) in [6.07, 6.45) is 11.9. The molecule has 11 rings (SSSR count). The topological polar surface area (TPSA) is 416 Å². The molecular formula is C90H103N12O15S2+. The Hall–Kier alpha value is -11.9. The van der Waals surface area contributed by atoms with E-state index in [0.717, 1.165) is 84.0 Å². The second-order valence-corrected chi connectivity index (χ2v) is 33.6. The molecule has 0 saturated carbocycles. The number of rotatable bonds is 28. The van der Waals surface area contributed by atoms with Gasteiger partial charge in [0.25, 0.3) is 0 Å². The van der Waals surface area contributed by atoms with Gasteiger partial charge in [0.2, 0.25) is 52.9 Å². The maximum Gasteiger partial charge on any atom is 0.328 e.